The van der Waals surface area contributed by atoms with E-state index in [0.717, 1.165) is 16.7 Å². The van der Waals surface area contributed by atoms with E-state index in [4.69, 9.17) is 16.2 Å². The van der Waals surface area contributed by atoms with Crippen molar-refractivity contribution in [1.29, 1.82) is 0 Å². The van der Waals surface area contributed by atoms with E-state index >= 15 is 4.79 Å². The largest absolute Gasteiger partial charge is 0.399 e. The third kappa shape index (κ3) is 4.61. The van der Waals surface area contributed by atoms with Crippen LogP contribution in [0.3, 0.4) is 0 Å². The van der Waals surface area contributed by atoms with E-state index in [2.05, 4.69) is 4.98 Å². The van der Waals surface area contributed by atoms with Crippen LogP contribution in [0.1, 0.15) is 33.5 Å². The summed E-state index contributed by atoms with van der Waals surface area (Å²) in [5.41, 5.74) is 12.0. The smallest absolute Gasteiger partial charge is 0.352 e. The molecule has 1 unspecified atom stereocenters. The minimum atomic E-state index is -1.94. The van der Waals surface area contributed by atoms with Gasteiger partial charge in [0.05, 0.1) is 18.1 Å². The quantitative estimate of drug-likeness (QED) is 0.143. The Morgan fingerprint density at radius 2 is 1.44 bits per heavy atom. The molecule has 216 valence electrons. The molecule has 43 heavy (non-hydrogen) atoms. The molecule has 0 saturated carbocycles. The molecular formula is C35H32N4O4. The number of anilines is 2. The van der Waals surface area contributed by atoms with E-state index in [9.17, 15) is 9.90 Å². The summed E-state index contributed by atoms with van der Waals surface area (Å²) in [6.45, 7) is -0.367. The standard InChI is InChI=1S/C35H32N4O4/c36-28-18-10-17-27(21-28)34(25-13-6-2-7-14-25,26-15-8-3-9-16-26)30-22-29(23-40)43-35(30,32(41)24-11-4-1-5-12-24)39-20-19-31(37)38-33(39)42/h1-21,29-30,40H,22-23,36H2,(H2,37,38,42)/t29-,30?,35-/m0/s1. The Labute approximate surface area is 249 Å². The Kier molecular flexibility index (Phi) is 7.39. The Hall–Kier alpha value is -5.05. The predicted molar refractivity (Wildman–Crippen MR) is 165 cm³/mol. The maximum atomic E-state index is 15.0. The molecule has 4 aromatic carbocycles. The Bertz CT molecular complexity index is 1750. The number of ketones is 1. The third-order valence-electron chi connectivity index (χ3n) is 8.39. The normalized spacial score (nSPS) is 20.1. The monoisotopic (exact) mass is 572 g/mol. The lowest BCUT2D eigenvalue weighted by atomic mass is 9.57. The van der Waals surface area contributed by atoms with Crippen LogP contribution < -0.4 is 17.2 Å². The van der Waals surface area contributed by atoms with E-state index in [-0.39, 0.29) is 18.8 Å². The number of aliphatic hydroxyl groups is 1. The highest BCUT2D eigenvalue weighted by Crippen LogP contribution is 2.57. The molecule has 1 aromatic heterocycles. The lowest BCUT2D eigenvalue weighted by Gasteiger charge is -2.47. The first-order valence-corrected chi connectivity index (χ1v) is 14.1. The summed E-state index contributed by atoms with van der Waals surface area (Å²) in [5, 5.41) is 10.6. The van der Waals surface area contributed by atoms with Crippen LogP contribution in [-0.4, -0.2) is 33.2 Å². The molecular weight excluding hydrogens is 540 g/mol. The van der Waals surface area contributed by atoms with Crippen molar-refractivity contribution in [2.45, 2.75) is 23.7 Å². The Morgan fingerprint density at radius 1 is 0.860 bits per heavy atom. The second-order valence-corrected chi connectivity index (χ2v) is 10.8. The van der Waals surface area contributed by atoms with E-state index in [1.165, 1.54) is 16.8 Å². The molecule has 3 atom stereocenters. The van der Waals surface area contributed by atoms with E-state index in [0.29, 0.717) is 11.3 Å². The Balaban J connectivity index is 1.79. The molecule has 0 amide bonds. The van der Waals surface area contributed by atoms with Crippen LogP contribution in [0.2, 0.25) is 0 Å². The molecule has 0 bridgehead atoms. The minimum absolute atomic E-state index is 0.0185. The summed E-state index contributed by atoms with van der Waals surface area (Å²) in [4.78, 5) is 32.8. The fourth-order valence-corrected chi connectivity index (χ4v) is 6.69. The SMILES string of the molecule is Nc1cccc(C(c2ccccc2)(c2ccccc2)C2C[C@@H](CO)O[C@@]2(C(=O)c2ccccc2)n2ccc(N)nc2=O)c1. The summed E-state index contributed by atoms with van der Waals surface area (Å²) in [6, 6.07) is 37.4. The first-order valence-electron chi connectivity index (χ1n) is 14.1. The van der Waals surface area contributed by atoms with Gasteiger partial charge in [0.15, 0.2) is 0 Å². The summed E-state index contributed by atoms with van der Waals surface area (Å²) < 4.78 is 7.93. The van der Waals surface area contributed by atoms with Crippen molar-refractivity contribution in [3.05, 3.63) is 160 Å². The van der Waals surface area contributed by atoms with Gasteiger partial charge in [0.25, 0.3) is 0 Å². The number of benzene rings is 4. The first-order chi connectivity index (χ1) is 20.9. The van der Waals surface area contributed by atoms with Crippen molar-refractivity contribution in [3.8, 4) is 0 Å². The van der Waals surface area contributed by atoms with Gasteiger partial charge in [0, 0.05) is 23.4 Å². The second-order valence-electron chi connectivity index (χ2n) is 10.8. The van der Waals surface area contributed by atoms with E-state index < -0.39 is 34.6 Å². The lowest BCUT2D eigenvalue weighted by Crippen LogP contribution is -2.58. The molecule has 0 spiro atoms. The molecule has 6 rings (SSSR count). The van der Waals surface area contributed by atoms with E-state index in [1.54, 1.807) is 24.3 Å². The second kappa shape index (κ2) is 11.3. The van der Waals surface area contributed by atoms with Gasteiger partial charge in [-0.2, -0.15) is 4.98 Å². The minimum Gasteiger partial charge on any atom is -0.399 e. The number of nitrogens with two attached hydrogens (primary N) is 2. The molecule has 2 heterocycles. The van der Waals surface area contributed by atoms with Gasteiger partial charge in [-0.1, -0.05) is 103 Å². The summed E-state index contributed by atoms with van der Waals surface area (Å²) in [7, 11) is 0. The summed E-state index contributed by atoms with van der Waals surface area (Å²) >= 11 is 0. The van der Waals surface area contributed by atoms with Crippen molar-refractivity contribution >= 4 is 17.3 Å². The topological polar surface area (TPSA) is 133 Å². The number of rotatable bonds is 8. The Morgan fingerprint density at radius 3 is 2.00 bits per heavy atom. The van der Waals surface area contributed by atoms with Crippen molar-refractivity contribution < 1.29 is 14.6 Å². The van der Waals surface area contributed by atoms with Crippen molar-refractivity contribution in [3.63, 3.8) is 0 Å². The number of Topliss-reactive ketones (excluding diaryl/α,β-unsaturated/α-hetero) is 1. The maximum Gasteiger partial charge on any atom is 0.352 e. The molecule has 0 aliphatic carbocycles. The van der Waals surface area contributed by atoms with Gasteiger partial charge in [-0.25, -0.2) is 4.79 Å². The highest BCUT2D eigenvalue weighted by molar-refractivity contribution is 6.01. The van der Waals surface area contributed by atoms with Crippen LogP contribution in [0.4, 0.5) is 11.5 Å². The highest BCUT2D eigenvalue weighted by atomic mass is 16.5. The molecule has 1 aliphatic heterocycles. The number of ether oxygens (including phenoxy) is 1. The van der Waals surface area contributed by atoms with Gasteiger partial charge in [-0.05, 0) is 41.3 Å². The van der Waals surface area contributed by atoms with Crippen LogP contribution in [0.25, 0.3) is 0 Å². The van der Waals surface area contributed by atoms with Crippen molar-refractivity contribution in [2.75, 3.05) is 18.1 Å². The first kappa shape index (κ1) is 28.1. The van der Waals surface area contributed by atoms with E-state index in [1.807, 2.05) is 91.0 Å². The summed E-state index contributed by atoms with van der Waals surface area (Å²) in [5.74, 6) is -1.20. The molecule has 1 saturated heterocycles. The third-order valence-corrected chi connectivity index (χ3v) is 8.39. The number of nitrogens with zero attached hydrogens (tertiary/aromatic N) is 2. The average molecular weight is 573 g/mol. The summed E-state index contributed by atoms with van der Waals surface area (Å²) in [6.07, 6.45) is 0.901. The van der Waals surface area contributed by atoms with Gasteiger partial charge in [-0.3, -0.25) is 9.36 Å². The number of aromatic nitrogens is 2. The number of hydrogen-bond acceptors (Lipinski definition) is 7. The van der Waals surface area contributed by atoms with Crippen LogP contribution in [0.5, 0.6) is 0 Å². The van der Waals surface area contributed by atoms with Crippen LogP contribution in [0, 0.1) is 5.92 Å². The van der Waals surface area contributed by atoms with Crippen molar-refractivity contribution in [1.82, 2.24) is 9.55 Å². The number of carbonyl (C=O) groups is 1. The zero-order valence-electron chi connectivity index (χ0n) is 23.4. The zero-order chi connectivity index (χ0) is 30.0. The van der Waals surface area contributed by atoms with Crippen LogP contribution in [0.15, 0.2) is 132 Å². The fraction of sp³-hybridized carbons (Fsp3) is 0.171. The molecule has 1 fully saturated rings. The zero-order valence-corrected chi connectivity index (χ0v) is 23.4. The molecule has 8 nitrogen and oxygen atoms in total. The fourth-order valence-electron chi connectivity index (χ4n) is 6.69. The van der Waals surface area contributed by atoms with Gasteiger partial charge in [-0.15, -0.1) is 0 Å². The molecule has 1 aliphatic rings. The molecule has 5 N–H and O–H groups in total. The number of hydrogen-bond donors (Lipinski definition) is 3. The molecule has 0 radical (unpaired) electrons. The van der Waals surface area contributed by atoms with Crippen LogP contribution in [-0.2, 0) is 15.9 Å². The van der Waals surface area contributed by atoms with Crippen LogP contribution >= 0.6 is 0 Å². The number of aliphatic hydroxyl groups excluding tert-OH is 1. The number of nitrogen functional groups attached to an aromatic ring is 2. The predicted octanol–water partition coefficient (Wildman–Crippen LogP) is 4.38. The number of carbonyl (C=O) groups excluding carboxylic acids is 1. The van der Waals surface area contributed by atoms with Gasteiger partial charge in [0.1, 0.15) is 5.82 Å². The van der Waals surface area contributed by atoms with Crippen molar-refractivity contribution in [2.24, 2.45) is 5.92 Å². The van der Waals surface area contributed by atoms with Gasteiger partial charge < -0.3 is 21.3 Å². The van der Waals surface area contributed by atoms with Gasteiger partial charge in [0.2, 0.25) is 11.5 Å². The average Bonchev–Trinajstić information content (AvgIpc) is 3.43. The molecule has 8 heteroatoms. The van der Waals surface area contributed by atoms with Gasteiger partial charge >= 0.3 is 5.69 Å². The molecule has 5 aromatic rings. The lowest BCUT2D eigenvalue weighted by molar-refractivity contribution is -0.106. The maximum absolute atomic E-state index is 15.0. The highest BCUT2D eigenvalue weighted by Gasteiger charge is 2.64.